The van der Waals surface area contributed by atoms with Crippen LogP contribution in [0.1, 0.15) is 99.9 Å². The van der Waals surface area contributed by atoms with E-state index in [1.165, 1.54) is 229 Å². The lowest BCUT2D eigenvalue weighted by Gasteiger charge is -2.30. The molecule has 4 aliphatic carbocycles. The third-order valence-corrected chi connectivity index (χ3v) is 33.5. The van der Waals surface area contributed by atoms with Crippen molar-refractivity contribution in [1.29, 1.82) is 0 Å². The second-order valence-electron chi connectivity index (χ2n) is 40.6. The highest BCUT2D eigenvalue weighted by Gasteiger charge is 2.42. The van der Waals surface area contributed by atoms with Crippen molar-refractivity contribution < 1.29 is 0 Å². The SMILES string of the molecule is CC1(C)c2cc(-c3ccccc3)ccc2-c2ccc(N(c3ccc(-c4ccc(-c5ccc6sc7ccccc7c6c5)cc4)cc3)c3ccc4c(c3)C(C)(C)c3cc(-c5ccc6ccccc6c5)ccc3-4)cc21.CC1(C)c2cc(-c3ccccc3)ccc2-c2ccc(N(c3ccc(-c4ccccc4-c4ccccc4)cc3)c3ccc4c(c3)C(C)(C)c3cc(-c5ccc6sc7ccccc7c6c5)ccc3-4)cc21. The van der Waals surface area contributed by atoms with Crippen LogP contribution in [0, 0.1) is 0 Å². The highest BCUT2D eigenvalue weighted by Crippen LogP contribution is 2.59. The van der Waals surface area contributed by atoms with Crippen LogP contribution in [0.4, 0.5) is 34.1 Å². The lowest BCUT2D eigenvalue weighted by Crippen LogP contribution is -2.18. The van der Waals surface area contributed by atoms with Gasteiger partial charge in [-0.25, -0.2) is 0 Å². The fraction of sp³-hybridized carbons (Fsp3) is 0.0882. The maximum absolute atomic E-state index is 2.48. The zero-order valence-corrected chi connectivity index (χ0v) is 81.2. The fourth-order valence-electron chi connectivity index (χ4n) is 23.6. The van der Waals surface area contributed by atoms with Crippen LogP contribution in [-0.2, 0) is 21.7 Å². The fourth-order valence-corrected chi connectivity index (χ4v) is 25.7. The second-order valence-corrected chi connectivity index (χ2v) is 42.8. The van der Waals surface area contributed by atoms with E-state index in [1.54, 1.807) is 0 Å². The van der Waals surface area contributed by atoms with Crippen molar-refractivity contribution in [3.8, 4) is 134 Å². The van der Waals surface area contributed by atoms with Crippen LogP contribution in [0.3, 0.4) is 0 Å². The summed E-state index contributed by atoms with van der Waals surface area (Å²) in [5.74, 6) is 0. The quantitative estimate of drug-likeness (QED) is 0.107. The average Bonchev–Trinajstić information content (AvgIpc) is 1.57. The second kappa shape index (κ2) is 32.8. The van der Waals surface area contributed by atoms with E-state index in [2.05, 4.69) is 526 Å². The number of hydrogen-bond donors (Lipinski definition) is 0. The Bertz CT molecular complexity index is 8960. The predicted octanol–water partition coefficient (Wildman–Crippen LogP) is 38.8. The third-order valence-electron chi connectivity index (χ3n) is 31.2. The van der Waals surface area contributed by atoms with Gasteiger partial charge >= 0.3 is 0 Å². The van der Waals surface area contributed by atoms with Crippen molar-refractivity contribution in [1.82, 2.24) is 0 Å². The van der Waals surface area contributed by atoms with Crippen molar-refractivity contribution in [3.63, 3.8) is 0 Å². The van der Waals surface area contributed by atoms with Gasteiger partial charge in [0.15, 0.2) is 0 Å². The molecule has 0 amide bonds. The maximum atomic E-state index is 2.48. The summed E-state index contributed by atoms with van der Waals surface area (Å²) >= 11 is 3.74. The molecule has 23 aromatic rings. The van der Waals surface area contributed by atoms with Crippen LogP contribution in [0.2, 0.25) is 0 Å². The topological polar surface area (TPSA) is 6.48 Å². The number of nitrogens with zero attached hydrogens (tertiary/aromatic N) is 2. The van der Waals surface area contributed by atoms with E-state index in [-0.39, 0.29) is 21.7 Å². The van der Waals surface area contributed by atoms with Crippen LogP contribution in [-0.4, -0.2) is 0 Å². The Morgan fingerprint density at radius 2 is 0.371 bits per heavy atom. The van der Waals surface area contributed by atoms with E-state index in [9.17, 15) is 0 Å². The highest BCUT2D eigenvalue weighted by atomic mass is 32.1. The first kappa shape index (κ1) is 84.4. The Hall–Kier alpha value is -16.1. The van der Waals surface area contributed by atoms with E-state index in [1.807, 2.05) is 22.7 Å². The van der Waals surface area contributed by atoms with Crippen LogP contribution < -0.4 is 9.80 Å². The number of thiophene rings is 2. The molecule has 27 rings (SSSR count). The summed E-state index contributed by atoms with van der Waals surface area (Å²) < 4.78 is 5.34. The molecule has 0 N–H and O–H groups in total. The summed E-state index contributed by atoms with van der Waals surface area (Å²) in [5.41, 5.74) is 47.2. The van der Waals surface area contributed by atoms with Gasteiger partial charge in [-0.15, -0.1) is 22.7 Å². The molecule has 0 bridgehead atoms. The smallest absolute Gasteiger partial charge is 0.0465 e. The lowest BCUT2D eigenvalue weighted by atomic mass is 9.81. The highest BCUT2D eigenvalue weighted by molar-refractivity contribution is 7.26. The predicted molar refractivity (Wildman–Crippen MR) is 599 cm³/mol. The zero-order chi connectivity index (χ0) is 94.0. The molecule has 0 aliphatic heterocycles. The van der Waals surface area contributed by atoms with Crippen molar-refractivity contribution in [3.05, 3.63) is 506 Å². The van der Waals surface area contributed by atoms with Crippen LogP contribution >= 0.6 is 22.7 Å². The molecule has 2 heterocycles. The Kier molecular flexibility index (Phi) is 19.8. The number of anilines is 6. The molecule has 0 radical (unpaired) electrons. The first-order chi connectivity index (χ1) is 68.4. The molecule has 4 heteroatoms. The van der Waals surface area contributed by atoms with Gasteiger partial charge in [0, 0.05) is 96.1 Å². The van der Waals surface area contributed by atoms with Gasteiger partial charge in [0.05, 0.1) is 0 Å². The van der Waals surface area contributed by atoms with Crippen molar-refractivity contribution in [2.24, 2.45) is 0 Å². The molecule has 21 aromatic carbocycles. The Morgan fingerprint density at radius 1 is 0.143 bits per heavy atom. The van der Waals surface area contributed by atoms with Gasteiger partial charge in [0.25, 0.3) is 0 Å². The summed E-state index contributed by atoms with van der Waals surface area (Å²) in [5, 5.41) is 7.86. The van der Waals surface area contributed by atoms with Crippen LogP contribution in [0.15, 0.2) is 461 Å². The molecule has 0 atom stereocenters. The number of rotatable bonds is 14. The molecule has 2 nitrogen and oxygen atoms in total. The lowest BCUT2D eigenvalue weighted by molar-refractivity contribution is 0.660. The van der Waals surface area contributed by atoms with Crippen molar-refractivity contribution >= 4 is 108 Å². The Balaban J connectivity index is 0.000000144. The maximum Gasteiger partial charge on any atom is 0.0465 e. The summed E-state index contributed by atoms with van der Waals surface area (Å²) in [6.07, 6.45) is 0. The summed E-state index contributed by atoms with van der Waals surface area (Å²) in [4.78, 5) is 4.96. The van der Waals surface area contributed by atoms with E-state index in [0.717, 1.165) is 34.1 Å². The first-order valence-corrected chi connectivity index (χ1v) is 50.7. The minimum Gasteiger partial charge on any atom is -0.310 e. The van der Waals surface area contributed by atoms with Gasteiger partial charge in [-0.3, -0.25) is 0 Å². The van der Waals surface area contributed by atoms with Crippen molar-refractivity contribution in [2.75, 3.05) is 9.80 Å². The van der Waals surface area contributed by atoms with Crippen molar-refractivity contribution in [2.45, 2.75) is 77.0 Å². The molecule has 140 heavy (non-hydrogen) atoms. The minimum atomic E-state index is -0.218. The van der Waals surface area contributed by atoms with Gasteiger partial charge in [-0.1, -0.05) is 377 Å². The number of hydrogen-bond acceptors (Lipinski definition) is 4. The van der Waals surface area contributed by atoms with Gasteiger partial charge < -0.3 is 9.80 Å². The summed E-state index contributed by atoms with van der Waals surface area (Å²) in [6, 6.07) is 172. The van der Waals surface area contributed by atoms with Gasteiger partial charge in [0.1, 0.15) is 0 Å². The third kappa shape index (κ3) is 14.0. The Labute approximate surface area is 827 Å². The van der Waals surface area contributed by atoms with E-state index >= 15 is 0 Å². The zero-order valence-electron chi connectivity index (χ0n) is 79.6. The first-order valence-electron chi connectivity index (χ1n) is 49.0. The van der Waals surface area contributed by atoms with Gasteiger partial charge in [0.2, 0.25) is 0 Å². The van der Waals surface area contributed by atoms with E-state index < -0.39 is 0 Å². The standard InChI is InChI=1S/C70H51NS.C66H49NS/c1-69(2)63-40-52(44-12-6-5-7-13-44)26-33-57(63)59-35-31-55(42-65(59)69)71(54-29-24-47(25-30-54)46-18-20-48(21-19-46)51-28-37-68-62(39-51)61-16-10-11-17-67(61)72-68)56-32-36-60-58-34-27-53(41-64(58)70(3,4)66(60)43-56)50-23-22-45-14-8-9-15-49(45)38-50;1-65(2)59-38-46(42-15-7-5-8-16-42)25-32-53(59)55-34-30-49(40-61(55)65)67(48-28-23-44(24-29-48)52-20-12-11-19-51(52)43-17-9-6-10-18-43)50-31-35-56-54-33-26-47(39-60(54)66(3,4)62(56)41-50)45-27-36-64-58(37-45)57-21-13-14-22-63(57)68-64/h5-43H,1-4H3;5-41H,1-4H3. The molecule has 4 aliphatic rings. The number of benzene rings is 21. The molecule has 0 saturated carbocycles. The Morgan fingerprint density at radius 3 is 0.757 bits per heavy atom. The monoisotopic (exact) mass is 1820 g/mol. The summed E-state index contributed by atoms with van der Waals surface area (Å²) in [6.45, 7) is 19.2. The molecule has 0 spiro atoms. The molecule has 0 unspecified atom stereocenters. The summed E-state index contributed by atoms with van der Waals surface area (Å²) in [7, 11) is 0. The van der Waals surface area contributed by atoms with Gasteiger partial charge in [-0.2, -0.15) is 0 Å². The average molecular weight is 1830 g/mol. The molecule has 0 fully saturated rings. The largest absolute Gasteiger partial charge is 0.310 e. The van der Waals surface area contributed by atoms with E-state index in [0.29, 0.717) is 0 Å². The molecular weight excluding hydrogens is 1730 g/mol. The minimum absolute atomic E-state index is 0.192. The van der Waals surface area contributed by atoms with E-state index in [4.69, 9.17) is 0 Å². The van der Waals surface area contributed by atoms with Crippen LogP contribution in [0.5, 0.6) is 0 Å². The molecule has 666 valence electrons. The normalized spacial score (nSPS) is 13.8. The number of fused-ring (bicyclic) bond motifs is 19. The van der Waals surface area contributed by atoms with Gasteiger partial charge in [-0.05, 0) is 328 Å². The molecular formula is C136H100N2S2. The molecule has 2 aromatic heterocycles. The molecule has 0 saturated heterocycles. The van der Waals surface area contributed by atoms with Crippen LogP contribution in [0.25, 0.3) is 185 Å².